The summed E-state index contributed by atoms with van der Waals surface area (Å²) in [7, 11) is -2.92. The molecule has 0 aliphatic heterocycles. The molecule has 0 saturated carbocycles. The Morgan fingerprint density at radius 1 is 1.24 bits per heavy atom. The molecule has 0 bridgehead atoms. The number of aromatic amines is 2. The molecule has 1 heterocycles. The minimum absolute atomic E-state index is 0. The first-order valence-electron chi connectivity index (χ1n) is 8.37. The Bertz CT molecular complexity index is 1020. The Kier molecular flexibility index (Phi) is 9.62. The van der Waals surface area contributed by atoms with Gasteiger partial charge in [-0.2, -0.15) is 5.32 Å². The Balaban J connectivity index is 0.000000327. The van der Waals surface area contributed by atoms with E-state index in [2.05, 4.69) is 39.1 Å². The predicted octanol–water partition coefficient (Wildman–Crippen LogP) is 2.43. The topological polar surface area (TPSA) is 157 Å². The molecule has 0 aliphatic carbocycles. The van der Waals surface area contributed by atoms with E-state index in [9.17, 15) is 17.8 Å². The van der Waals surface area contributed by atoms with Crippen molar-refractivity contribution in [3.8, 4) is 0 Å². The van der Waals surface area contributed by atoms with Gasteiger partial charge >= 0.3 is 12.0 Å². The monoisotopic (exact) mass is 441 g/mol. The van der Waals surface area contributed by atoms with Crippen molar-refractivity contribution in [2.75, 3.05) is 18.2 Å². The molecule has 0 aliphatic rings. The van der Waals surface area contributed by atoms with Crippen LogP contribution in [0.1, 0.15) is 13.3 Å². The third-order valence-corrected chi connectivity index (χ3v) is 5.48. The molecular weight excluding hydrogens is 418 g/mol. The zero-order valence-electron chi connectivity index (χ0n) is 15.9. The molecule has 1 aromatic heterocycles. The first kappa shape index (κ1) is 24.4. The second-order valence-electron chi connectivity index (χ2n) is 5.56. The predicted molar refractivity (Wildman–Crippen MR) is 110 cm³/mol. The summed E-state index contributed by atoms with van der Waals surface area (Å²) in [6.45, 7) is 2.16. The van der Waals surface area contributed by atoms with Crippen LogP contribution in [0.2, 0.25) is 0 Å². The first-order chi connectivity index (χ1) is 13.3. The van der Waals surface area contributed by atoms with Crippen LogP contribution in [-0.2, 0) is 14.9 Å². The Morgan fingerprint density at radius 3 is 2.48 bits per heavy atom. The smallest absolute Gasteiger partial charge is 0.476 e. The molecule has 3 rings (SSSR count). The fourth-order valence-corrected chi connectivity index (χ4v) is 3.44. The number of aromatic nitrogens is 2. The number of carbonyl (C=O) groups excluding carboxylic acids is 1. The number of benzene rings is 2. The fraction of sp³-hybridized carbons (Fsp3) is 0.222. The van der Waals surface area contributed by atoms with Gasteiger partial charge in [0.1, 0.15) is 21.2 Å². The molecule has 2 aromatic carbocycles. The summed E-state index contributed by atoms with van der Waals surface area (Å²) >= 11 is 1.82. The molecule has 5 N–H and O–H groups in total. The van der Waals surface area contributed by atoms with Crippen molar-refractivity contribution in [1.82, 2.24) is 4.98 Å². The van der Waals surface area contributed by atoms with Crippen LogP contribution in [0.25, 0.3) is 11.0 Å². The lowest BCUT2D eigenvalue weighted by atomic mass is 10.3. The number of ether oxygens (including phenoxy) is 1. The number of H-pyrrole nitrogens is 2. The summed E-state index contributed by atoms with van der Waals surface area (Å²) in [5, 5.41) is 2.56. The standard InChI is InChI=1S/C12H15N3O2S.C6H6O3S.H2O/c1-3-6-18-8-4-5-9-10(7-8)14-11(13-9)15-12(16)17-2;7-10(8,9)6-4-2-1-3-5-6;/h4-5,7H,3,6H2,1-2H3,(H2,13,14,15,16);1-5H,(H,7,8,9);1H2. The van der Waals surface area contributed by atoms with Gasteiger partial charge in [0.15, 0.2) is 0 Å². The number of thioether (sulfide) groups is 1. The molecular formula is C18H23N3O6S2. The third-order valence-electron chi connectivity index (χ3n) is 3.43. The molecule has 11 heteroatoms. The number of carbonyl (C=O) groups is 1. The van der Waals surface area contributed by atoms with Crippen LogP contribution >= 0.6 is 11.8 Å². The molecule has 29 heavy (non-hydrogen) atoms. The Labute approximate surface area is 172 Å². The SMILES string of the molecule is CCCSc1ccc2[nH+]c(NC(=O)OC)[nH]c2c1.O.O=S(=O)([O-])c1ccccc1. The third kappa shape index (κ3) is 7.74. The maximum atomic E-state index is 11.1. The average Bonchev–Trinajstić information content (AvgIpc) is 3.08. The van der Waals surface area contributed by atoms with Gasteiger partial charge in [-0.3, -0.25) is 0 Å². The van der Waals surface area contributed by atoms with Crippen molar-refractivity contribution in [1.29, 1.82) is 0 Å². The minimum atomic E-state index is -4.25. The van der Waals surface area contributed by atoms with Gasteiger partial charge in [-0.1, -0.05) is 25.1 Å². The van der Waals surface area contributed by atoms with Crippen LogP contribution in [0.15, 0.2) is 58.3 Å². The molecule has 0 unspecified atom stereocenters. The minimum Gasteiger partial charge on any atom is -0.744 e. The van der Waals surface area contributed by atoms with Crippen molar-refractivity contribution in [3.63, 3.8) is 0 Å². The maximum Gasteiger partial charge on any atom is 0.476 e. The van der Waals surface area contributed by atoms with E-state index in [1.165, 1.54) is 36.3 Å². The maximum absolute atomic E-state index is 11.1. The number of fused-ring (bicyclic) bond motifs is 1. The number of methoxy groups -OCH3 is 1. The summed E-state index contributed by atoms with van der Waals surface area (Å²) in [4.78, 5) is 18.3. The highest BCUT2D eigenvalue weighted by molar-refractivity contribution is 7.99. The molecule has 0 saturated heterocycles. The summed E-state index contributed by atoms with van der Waals surface area (Å²) in [5.41, 5.74) is 1.91. The molecule has 158 valence electrons. The summed E-state index contributed by atoms with van der Waals surface area (Å²) < 4.78 is 35.4. The van der Waals surface area contributed by atoms with E-state index in [1.54, 1.807) is 6.07 Å². The van der Waals surface area contributed by atoms with E-state index < -0.39 is 16.2 Å². The molecule has 3 aromatic rings. The second kappa shape index (κ2) is 11.4. The highest BCUT2D eigenvalue weighted by atomic mass is 32.2. The van der Waals surface area contributed by atoms with E-state index in [-0.39, 0.29) is 10.4 Å². The normalized spacial score (nSPS) is 10.4. The van der Waals surface area contributed by atoms with E-state index >= 15 is 0 Å². The van der Waals surface area contributed by atoms with Crippen LogP contribution < -0.4 is 10.3 Å². The lowest BCUT2D eigenvalue weighted by Crippen LogP contribution is -2.17. The largest absolute Gasteiger partial charge is 0.744 e. The molecule has 1 amide bonds. The molecule has 0 radical (unpaired) electrons. The molecule has 9 nitrogen and oxygen atoms in total. The first-order valence-corrected chi connectivity index (χ1v) is 10.8. The van der Waals surface area contributed by atoms with Gasteiger partial charge in [0.2, 0.25) is 0 Å². The lowest BCUT2D eigenvalue weighted by molar-refractivity contribution is -0.326. The molecule has 0 spiro atoms. The number of rotatable bonds is 5. The van der Waals surface area contributed by atoms with Crippen LogP contribution in [0.3, 0.4) is 0 Å². The van der Waals surface area contributed by atoms with Gasteiger partial charge < -0.3 is 14.8 Å². The van der Waals surface area contributed by atoms with Gasteiger partial charge in [0, 0.05) is 4.90 Å². The van der Waals surface area contributed by atoms with Crippen molar-refractivity contribution in [2.24, 2.45) is 0 Å². The number of amides is 1. The van der Waals surface area contributed by atoms with E-state index in [0.29, 0.717) is 5.95 Å². The quantitative estimate of drug-likeness (QED) is 0.457. The fourth-order valence-electron chi connectivity index (χ4n) is 2.15. The number of hydrogen-bond acceptors (Lipinski definition) is 6. The zero-order chi connectivity index (χ0) is 20.6. The number of hydrogen-bond donors (Lipinski definition) is 2. The highest BCUT2D eigenvalue weighted by Gasteiger charge is 2.13. The Hall–Kier alpha value is -2.60. The van der Waals surface area contributed by atoms with Gasteiger partial charge in [0.25, 0.3) is 0 Å². The Morgan fingerprint density at radius 2 is 1.93 bits per heavy atom. The van der Waals surface area contributed by atoms with Gasteiger partial charge in [-0.05, 0) is 42.5 Å². The summed E-state index contributed by atoms with van der Waals surface area (Å²) in [5.74, 6) is 1.62. The van der Waals surface area contributed by atoms with Gasteiger partial charge in [-0.15, -0.1) is 11.8 Å². The lowest BCUT2D eigenvalue weighted by Gasteiger charge is -2.04. The number of anilines is 1. The molecule has 0 fully saturated rings. The van der Waals surface area contributed by atoms with Gasteiger partial charge in [0.05, 0.1) is 12.0 Å². The van der Waals surface area contributed by atoms with E-state index in [4.69, 9.17) is 0 Å². The number of imidazole rings is 1. The zero-order valence-corrected chi connectivity index (χ0v) is 17.5. The summed E-state index contributed by atoms with van der Waals surface area (Å²) in [6, 6.07) is 13.3. The van der Waals surface area contributed by atoms with E-state index in [1.807, 2.05) is 17.8 Å². The van der Waals surface area contributed by atoms with Crippen molar-refractivity contribution in [2.45, 2.75) is 23.1 Å². The van der Waals surface area contributed by atoms with Gasteiger partial charge in [-0.25, -0.2) is 23.2 Å². The molecule has 0 atom stereocenters. The van der Waals surface area contributed by atoms with E-state index in [0.717, 1.165) is 23.2 Å². The van der Waals surface area contributed by atoms with Crippen LogP contribution in [-0.4, -0.2) is 42.4 Å². The highest BCUT2D eigenvalue weighted by Crippen LogP contribution is 2.22. The van der Waals surface area contributed by atoms with Crippen molar-refractivity contribution < 1.29 is 33.0 Å². The van der Waals surface area contributed by atoms with Crippen molar-refractivity contribution in [3.05, 3.63) is 48.5 Å². The second-order valence-corrected chi connectivity index (χ2v) is 8.11. The average molecular weight is 442 g/mol. The van der Waals surface area contributed by atoms with Crippen LogP contribution in [0, 0.1) is 0 Å². The van der Waals surface area contributed by atoms with Crippen molar-refractivity contribution >= 4 is 45.0 Å². The van der Waals surface area contributed by atoms with Crippen LogP contribution in [0.5, 0.6) is 0 Å². The summed E-state index contributed by atoms with van der Waals surface area (Å²) in [6.07, 6.45) is 0.646. The number of nitrogens with one attached hydrogen (secondary N) is 3. The van der Waals surface area contributed by atoms with Crippen LogP contribution in [0.4, 0.5) is 10.7 Å².